The number of hydrogen-bond acceptors (Lipinski definition) is 4. The molecule has 5 heteroatoms. The molecule has 0 aliphatic carbocycles. The highest BCUT2D eigenvalue weighted by Crippen LogP contribution is 2.22. The fourth-order valence-corrected chi connectivity index (χ4v) is 1.73. The number of carbonyl (C=O) groups excluding carboxylic acids is 1. The number of esters is 1. The number of hydrogen-bond donors (Lipinski definition) is 2. The average molecular weight is 274 g/mol. The summed E-state index contributed by atoms with van der Waals surface area (Å²) in [5.74, 6) is -1.19. The number of benzene rings is 2. The maximum atomic E-state index is 13.1. The van der Waals surface area contributed by atoms with Crippen molar-refractivity contribution in [1.29, 1.82) is 0 Å². The molecule has 104 valence electrons. The van der Waals surface area contributed by atoms with Gasteiger partial charge in [0.1, 0.15) is 11.9 Å². The Morgan fingerprint density at radius 1 is 1.20 bits per heavy atom. The van der Waals surface area contributed by atoms with Gasteiger partial charge in [0.25, 0.3) is 0 Å². The summed E-state index contributed by atoms with van der Waals surface area (Å²) in [5, 5.41) is 0. The van der Waals surface area contributed by atoms with Gasteiger partial charge >= 0.3 is 5.97 Å². The van der Waals surface area contributed by atoms with E-state index in [0.717, 1.165) is 11.6 Å². The molecule has 0 saturated heterocycles. The maximum absolute atomic E-state index is 13.1. The molecular weight excluding hydrogens is 259 g/mol. The number of nitrogen functional groups attached to an aromatic ring is 1. The lowest BCUT2D eigenvalue weighted by Gasteiger charge is -2.12. The van der Waals surface area contributed by atoms with Crippen LogP contribution in [-0.4, -0.2) is 12.0 Å². The number of halogens is 1. The summed E-state index contributed by atoms with van der Waals surface area (Å²) < 4.78 is 18.1. The third-order valence-electron chi connectivity index (χ3n) is 2.79. The van der Waals surface area contributed by atoms with Gasteiger partial charge in [-0.3, -0.25) is 0 Å². The average Bonchev–Trinajstić information content (AvgIpc) is 2.44. The molecule has 2 rings (SSSR count). The van der Waals surface area contributed by atoms with Gasteiger partial charge in [0.2, 0.25) is 0 Å². The van der Waals surface area contributed by atoms with Crippen LogP contribution in [0, 0.1) is 5.82 Å². The zero-order chi connectivity index (χ0) is 14.5. The molecule has 0 saturated carbocycles. The Hall–Kier alpha value is -2.40. The highest BCUT2D eigenvalue weighted by atomic mass is 19.1. The molecule has 0 radical (unpaired) electrons. The van der Waals surface area contributed by atoms with E-state index in [1.807, 2.05) is 30.3 Å². The fraction of sp³-hybridized carbons (Fsp3) is 0.133. The van der Waals surface area contributed by atoms with E-state index in [4.69, 9.17) is 16.2 Å². The molecular formula is C15H15FN2O2. The molecule has 0 aliphatic rings. The van der Waals surface area contributed by atoms with Gasteiger partial charge in [-0.1, -0.05) is 30.3 Å². The lowest BCUT2D eigenvalue weighted by Crippen LogP contribution is -2.36. The zero-order valence-corrected chi connectivity index (χ0v) is 10.8. The molecule has 0 bridgehead atoms. The molecule has 0 aliphatic heterocycles. The predicted octanol–water partition coefficient (Wildman–Crippen LogP) is 1.88. The first-order chi connectivity index (χ1) is 9.56. The van der Waals surface area contributed by atoms with Gasteiger partial charge in [-0.2, -0.15) is 0 Å². The Morgan fingerprint density at radius 2 is 1.90 bits per heavy atom. The normalized spacial score (nSPS) is 11.9. The number of nitrogens with two attached hydrogens (primary N) is 2. The zero-order valence-electron chi connectivity index (χ0n) is 10.8. The van der Waals surface area contributed by atoms with Gasteiger partial charge in [0.05, 0.1) is 5.69 Å². The highest BCUT2D eigenvalue weighted by molar-refractivity contribution is 5.79. The Bertz CT molecular complexity index is 602. The molecule has 1 unspecified atom stereocenters. The van der Waals surface area contributed by atoms with Gasteiger partial charge in [-0.25, -0.2) is 9.18 Å². The lowest BCUT2D eigenvalue weighted by atomic mass is 10.1. The quantitative estimate of drug-likeness (QED) is 0.507. The van der Waals surface area contributed by atoms with Crippen LogP contribution in [0.3, 0.4) is 0 Å². The molecule has 1 atom stereocenters. The van der Waals surface area contributed by atoms with E-state index in [9.17, 15) is 9.18 Å². The molecule has 0 spiro atoms. The summed E-state index contributed by atoms with van der Waals surface area (Å²) in [6.07, 6.45) is 0.342. The minimum absolute atomic E-state index is 0.0153. The van der Waals surface area contributed by atoms with Crippen molar-refractivity contribution in [2.45, 2.75) is 12.5 Å². The Kier molecular flexibility index (Phi) is 4.32. The summed E-state index contributed by atoms with van der Waals surface area (Å²) in [6.45, 7) is 0. The van der Waals surface area contributed by atoms with Crippen LogP contribution in [0.1, 0.15) is 5.56 Å². The van der Waals surface area contributed by atoms with Crippen LogP contribution in [0.5, 0.6) is 5.75 Å². The first-order valence-electron chi connectivity index (χ1n) is 6.12. The van der Waals surface area contributed by atoms with Crippen molar-refractivity contribution in [3.63, 3.8) is 0 Å². The van der Waals surface area contributed by atoms with E-state index in [1.165, 1.54) is 12.1 Å². The fourth-order valence-electron chi connectivity index (χ4n) is 1.73. The minimum atomic E-state index is -0.833. The first kappa shape index (κ1) is 14.0. The van der Waals surface area contributed by atoms with Crippen LogP contribution >= 0.6 is 0 Å². The Balaban J connectivity index is 2.02. The van der Waals surface area contributed by atoms with E-state index in [1.54, 1.807) is 0 Å². The predicted molar refractivity (Wildman–Crippen MR) is 74.6 cm³/mol. The van der Waals surface area contributed by atoms with E-state index < -0.39 is 17.8 Å². The van der Waals surface area contributed by atoms with Crippen molar-refractivity contribution in [1.82, 2.24) is 0 Å². The second-order valence-corrected chi connectivity index (χ2v) is 4.40. The van der Waals surface area contributed by atoms with Crippen LogP contribution in [0.2, 0.25) is 0 Å². The third-order valence-corrected chi connectivity index (χ3v) is 2.79. The van der Waals surface area contributed by atoms with Gasteiger partial charge in [-0.05, 0) is 24.1 Å². The van der Waals surface area contributed by atoms with Crippen molar-refractivity contribution in [2.24, 2.45) is 5.73 Å². The molecule has 2 aromatic carbocycles. The SMILES string of the molecule is Nc1ccc(F)cc1OC(=O)C(N)Cc1ccccc1. The van der Waals surface area contributed by atoms with Gasteiger partial charge in [0, 0.05) is 6.07 Å². The van der Waals surface area contributed by atoms with Gasteiger partial charge in [-0.15, -0.1) is 0 Å². The molecule has 2 aromatic rings. The molecule has 0 fully saturated rings. The summed E-state index contributed by atoms with van der Waals surface area (Å²) >= 11 is 0. The highest BCUT2D eigenvalue weighted by Gasteiger charge is 2.18. The monoisotopic (exact) mass is 274 g/mol. The molecule has 0 aromatic heterocycles. The smallest absolute Gasteiger partial charge is 0.328 e. The molecule has 4 N–H and O–H groups in total. The summed E-state index contributed by atoms with van der Waals surface area (Å²) in [5.41, 5.74) is 12.5. The van der Waals surface area contributed by atoms with Gasteiger partial charge in [0.15, 0.2) is 5.75 Å². The van der Waals surface area contributed by atoms with Crippen molar-refractivity contribution in [3.8, 4) is 5.75 Å². The van der Waals surface area contributed by atoms with E-state index in [-0.39, 0.29) is 11.4 Å². The molecule has 4 nitrogen and oxygen atoms in total. The molecule has 20 heavy (non-hydrogen) atoms. The van der Waals surface area contributed by atoms with Crippen molar-refractivity contribution < 1.29 is 13.9 Å². The van der Waals surface area contributed by atoms with E-state index in [0.29, 0.717) is 6.42 Å². The lowest BCUT2D eigenvalue weighted by molar-refractivity contribution is -0.135. The summed E-state index contributed by atoms with van der Waals surface area (Å²) in [6, 6.07) is 12.1. The van der Waals surface area contributed by atoms with Crippen LogP contribution in [0.15, 0.2) is 48.5 Å². The Morgan fingerprint density at radius 3 is 2.60 bits per heavy atom. The second kappa shape index (κ2) is 6.16. The van der Waals surface area contributed by atoms with Crippen LogP contribution in [0.25, 0.3) is 0 Å². The topological polar surface area (TPSA) is 78.3 Å². The van der Waals surface area contributed by atoms with Crippen molar-refractivity contribution in [2.75, 3.05) is 5.73 Å². The summed E-state index contributed by atoms with van der Waals surface area (Å²) in [4.78, 5) is 11.9. The van der Waals surface area contributed by atoms with Crippen molar-refractivity contribution >= 4 is 11.7 Å². The second-order valence-electron chi connectivity index (χ2n) is 4.40. The van der Waals surface area contributed by atoms with E-state index in [2.05, 4.69) is 0 Å². The first-order valence-corrected chi connectivity index (χ1v) is 6.12. The number of carbonyl (C=O) groups is 1. The number of anilines is 1. The summed E-state index contributed by atoms with van der Waals surface area (Å²) in [7, 11) is 0. The van der Waals surface area contributed by atoms with E-state index >= 15 is 0 Å². The number of ether oxygens (including phenoxy) is 1. The minimum Gasteiger partial charge on any atom is -0.423 e. The largest absolute Gasteiger partial charge is 0.423 e. The van der Waals surface area contributed by atoms with Crippen LogP contribution in [0.4, 0.5) is 10.1 Å². The van der Waals surface area contributed by atoms with Crippen LogP contribution in [-0.2, 0) is 11.2 Å². The van der Waals surface area contributed by atoms with Crippen LogP contribution < -0.4 is 16.2 Å². The molecule has 0 amide bonds. The third kappa shape index (κ3) is 3.55. The molecule has 0 heterocycles. The van der Waals surface area contributed by atoms with Gasteiger partial charge < -0.3 is 16.2 Å². The maximum Gasteiger partial charge on any atom is 0.328 e. The van der Waals surface area contributed by atoms with Crippen molar-refractivity contribution in [3.05, 3.63) is 59.9 Å². The standard InChI is InChI=1S/C15H15FN2O2/c16-11-6-7-12(17)14(9-11)20-15(19)13(18)8-10-4-2-1-3-5-10/h1-7,9,13H,8,17-18H2. The number of rotatable bonds is 4. The Labute approximate surface area is 116 Å².